The number of hydrogen-bond acceptors (Lipinski definition) is 6. The number of para-hydroxylation sites is 2. The Balaban J connectivity index is 1.85. The summed E-state index contributed by atoms with van der Waals surface area (Å²) in [4.78, 5) is 31.0. The fraction of sp³-hybridized carbons (Fsp3) is 0.297. The van der Waals surface area contributed by atoms with Crippen LogP contribution in [-0.4, -0.2) is 57.1 Å². The highest BCUT2D eigenvalue weighted by Gasteiger charge is 2.35. The minimum atomic E-state index is -4.30. The van der Waals surface area contributed by atoms with Gasteiger partial charge in [-0.15, -0.1) is 11.8 Å². The van der Waals surface area contributed by atoms with Gasteiger partial charge in [-0.3, -0.25) is 13.9 Å². The number of carbonyl (C=O) groups excluding carboxylic acids is 2. The van der Waals surface area contributed by atoms with Gasteiger partial charge in [0.2, 0.25) is 11.8 Å². The summed E-state index contributed by atoms with van der Waals surface area (Å²) in [7, 11) is -4.30. The lowest BCUT2D eigenvalue weighted by atomic mass is 10.0. The molecule has 1 atom stereocenters. The number of sulfonamides is 1. The lowest BCUT2D eigenvalue weighted by Crippen LogP contribution is -2.53. The second-order valence-corrected chi connectivity index (χ2v) is 15.3. The molecule has 0 spiro atoms. The average molecular weight is 743 g/mol. The van der Waals surface area contributed by atoms with Gasteiger partial charge in [0.15, 0.2) is 0 Å². The Morgan fingerprint density at radius 2 is 1.55 bits per heavy atom. The van der Waals surface area contributed by atoms with Gasteiger partial charge in [-0.05, 0) is 78.8 Å². The smallest absolute Gasteiger partial charge is 0.264 e. The van der Waals surface area contributed by atoms with Gasteiger partial charge in [0.1, 0.15) is 18.3 Å². The number of hydrogen-bond donors (Lipinski definition) is 1. The molecule has 0 bridgehead atoms. The Morgan fingerprint density at radius 1 is 0.878 bits per heavy atom. The Kier molecular flexibility index (Phi) is 13.8. The van der Waals surface area contributed by atoms with Gasteiger partial charge in [0.25, 0.3) is 10.0 Å². The van der Waals surface area contributed by atoms with E-state index in [9.17, 15) is 18.0 Å². The van der Waals surface area contributed by atoms with Crippen molar-refractivity contribution < 1.29 is 22.7 Å². The maximum Gasteiger partial charge on any atom is 0.264 e. The van der Waals surface area contributed by atoms with E-state index in [2.05, 4.69) is 5.32 Å². The van der Waals surface area contributed by atoms with Gasteiger partial charge in [-0.2, -0.15) is 0 Å². The summed E-state index contributed by atoms with van der Waals surface area (Å²) in [5.74, 6) is -0.493. The summed E-state index contributed by atoms with van der Waals surface area (Å²) in [6.07, 6.45) is 2.09. The molecule has 4 rings (SSSR count). The highest BCUT2D eigenvalue weighted by molar-refractivity contribution is 7.98. The first-order valence-electron chi connectivity index (χ1n) is 15.9. The van der Waals surface area contributed by atoms with E-state index in [1.54, 1.807) is 61.5 Å². The van der Waals surface area contributed by atoms with Crippen molar-refractivity contribution in [2.24, 2.45) is 5.92 Å². The lowest BCUT2D eigenvalue weighted by molar-refractivity contribution is -0.140. The Morgan fingerprint density at radius 3 is 2.18 bits per heavy atom. The first kappa shape index (κ1) is 38.1. The molecular weight excluding hydrogens is 701 g/mol. The number of ether oxygens (including phenoxy) is 1. The van der Waals surface area contributed by atoms with Gasteiger partial charge in [0, 0.05) is 24.4 Å². The fourth-order valence-corrected chi connectivity index (χ4v) is 7.29. The number of halogens is 2. The molecule has 0 aromatic heterocycles. The van der Waals surface area contributed by atoms with Crippen LogP contribution in [0.15, 0.2) is 107 Å². The molecule has 0 heterocycles. The van der Waals surface area contributed by atoms with Crippen LogP contribution in [0, 0.1) is 5.92 Å². The molecular formula is C37H41Cl2N3O5S2. The van der Waals surface area contributed by atoms with Gasteiger partial charge < -0.3 is 15.0 Å². The van der Waals surface area contributed by atoms with Crippen molar-refractivity contribution in [3.05, 3.63) is 118 Å². The monoisotopic (exact) mass is 741 g/mol. The molecule has 4 aromatic carbocycles. The van der Waals surface area contributed by atoms with Crippen LogP contribution in [-0.2, 0) is 32.6 Å². The van der Waals surface area contributed by atoms with E-state index in [1.807, 2.05) is 50.4 Å². The minimum Gasteiger partial charge on any atom is -0.492 e. The second kappa shape index (κ2) is 17.8. The first-order chi connectivity index (χ1) is 23.4. The van der Waals surface area contributed by atoms with E-state index >= 15 is 0 Å². The zero-order valence-electron chi connectivity index (χ0n) is 27.9. The van der Waals surface area contributed by atoms with Crippen LogP contribution >= 0.6 is 35.0 Å². The van der Waals surface area contributed by atoms with Crippen molar-refractivity contribution >= 4 is 62.5 Å². The molecule has 4 aromatic rings. The third kappa shape index (κ3) is 10.2. The number of carbonyl (C=O) groups is 2. The Labute approximate surface area is 303 Å². The third-order valence-electron chi connectivity index (χ3n) is 7.65. The van der Waals surface area contributed by atoms with Gasteiger partial charge in [-0.25, -0.2) is 8.42 Å². The van der Waals surface area contributed by atoms with Gasteiger partial charge in [0.05, 0.1) is 27.2 Å². The maximum absolute atomic E-state index is 14.7. The molecule has 8 nitrogen and oxygen atoms in total. The number of anilines is 1. The van der Waals surface area contributed by atoms with Crippen LogP contribution < -0.4 is 14.4 Å². The summed E-state index contributed by atoms with van der Waals surface area (Å²) >= 11 is 14.1. The molecule has 0 aliphatic rings. The molecule has 0 saturated heterocycles. The zero-order valence-corrected chi connectivity index (χ0v) is 31.1. The summed E-state index contributed by atoms with van der Waals surface area (Å²) in [6, 6.07) is 26.6. The highest BCUT2D eigenvalue weighted by Crippen LogP contribution is 2.34. The van der Waals surface area contributed by atoms with Crippen molar-refractivity contribution in [1.29, 1.82) is 0 Å². The van der Waals surface area contributed by atoms with E-state index in [0.29, 0.717) is 27.9 Å². The predicted octanol–water partition coefficient (Wildman–Crippen LogP) is 7.72. The predicted molar refractivity (Wildman–Crippen MR) is 199 cm³/mol. The van der Waals surface area contributed by atoms with Crippen molar-refractivity contribution in [2.75, 3.05) is 30.3 Å². The molecule has 49 heavy (non-hydrogen) atoms. The molecule has 0 fully saturated rings. The Bertz CT molecular complexity index is 1820. The molecule has 0 aliphatic carbocycles. The van der Waals surface area contributed by atoms with Gasteiger partial charge >= 0.3 is 0 Å². The number of benzene rings is 4. The van der Waals surface area contributed by atoms with Crippen LogP contribution in [0.4, 0.5) is 5.69 Å². The second-order valence-electron chi connectivity index (χ2n) is 11.7. The molecule has 260 valence electrons. The SMILES string of the molecule is CCOc1ccccc1N(CC(=O)N(Cc1ccc(Cl)c(Cl)c1)[C@H](Cc1ccccc1)C(=O)NCC(C)C)S(=O)(=O)c1ccc(SC)cc1. The van der Waals surface area contributed by atoms with Crippen molar-refractivity contribution in [2.45, 2.75) is 49.6 Å². The molecule has 0 aliphatic heterocycles. The third-order valence-corrected chi connectivity index (χ3v) is 10.9. The van der Waals surface area contributed by atoms with Crippen molar-refractivity contribution in [1.82, 2.24) is 10.2 Å². The zero-order chi connectivity index (χ0) is 35.6. The molecule has 0 radical (unpaired) electrons. The average Bonchev–Trinajstić information content (AvgIpc) is 3.10. The van der Waals surface area contributed by atoms with Gasteiger partial charge in [-0.1, -0.05) is 85.6 Å². The molecule has 2 amide bonds. The van der Waals surface area contributed by atoms with E-state index in [-0.39, 0.29) is 42.0 Å². The standard InChI is InChI=1S/C37H41Cl2N3O5S2/c1-5-47-35-14-10-9-13-33(35)42(49(45,46)30-18-16-29(48-4)17-19-30)25-36(43)41(24-28-15-20-31(38)32(39)21-28)34(37(44)40-23-26(2)3)22-27-11-7-6-8-12-27/h6-21,26,34H,5,22-25H2,1-4H3,(H,40,44)/t34-/m1/s1. The number of amides is 2. The van der Waals surface area contributed by atoms with Crippen LogP contribution in [0.1, 0.15) is 31.9 Å². The lowest BCUT2D eigenvalue weighted by Gasteiger charge is -2.34. The molecule has 0 unspecified atom stereocenters. The molecule has 12 heteroatoms. The van der Waals surface area contributed by atoms with Crippen molar-refractivity contribution in [3.8, 4) is 5.75 Å². The summed E-state index contributed by atoms with van der Waals surface area (Å²) in [5, 5.41) is 3.62. The number of thioether (sulfide) groups is 1. The summed E-state index contributed by atoms with van der Waals surface area (Å²) < 4.78 is 35.8. The van der Waals surface area contributed by atoms with Crippen molar-refractivity contribution in [3.63, 3.8) is 0 Å². The van der Waals surface area contributed by atoms with E-state index in [1.165, 1.54) is 28.8 Å². The van der Waals surface area contributed by atoms with E-state index in [0.717, 1.165) is 14.8 Å². The Hall–Kier alpha value is -3.70. The minimum absolute atomic E-state index is 0.0101. The molecule has 0 saturated carbocycles. The number of rotatable bonds is 16. The molecule has 1 N–H and O–H groups in total. The fourth-order valence-electron chi connectivity index (χ4n) is 5.14. The normalized spacial score (nSPS) is 12.0. The van der Waals surface area contributed by atoms with Crippen LogP contribution in [0.3, 0.4) is 0 Å². The van der Waals surface area contributed by atoms with Crippen LogP contribution in [0.25, 0.3) is 0 Å². The largest absolute Gasteiger partial charge is 0.492 e. The first-order valence-corrected chi connectivity index (χ1v) is 19.3. The number of nitrogens with one attached hydrogen (secondary N) is 1. The number of nitrogens with zero attached hydrogens (tertiary/aromatic N) is 2. The quantitative estimate of drug-likeness (QED) is 0.118. The maximum atomic E-state index is 14.7. The van der Waals surface area contributed by atoms with E-state index < -0.39 is 28.5 Å². The highest BCUT2D eigenvalue weighted by atomic mass is 35.5. The summed E-state index contributed by atoms with van der Waals surface area (Å²) in [5.41, 5.74) is 1.65. The van der Waals surface area contributed by atoms with E-state index in [4.69, 9.17) is 27.9 Å². The van der Waals surface area contributed by atoms with Crippen LogP contribution in [0.5, 0.6) is 5.75 Å². The topological polar surface area (TPSA) is 96.0 Å². The summed E-state index contributed by atoms with van der Waals surface area (Å²) in [6.45, 7) is 5.79. The van der Waals surface area contributed by atoms with Crippen LogP contribution in [0.2, 0.25) is 10.0 Å².